The van der Waals surface area contributed by atoms with Crippen LogP contribution in [0.4, 0.5) is 0 Å². The van der Waals surface area contributed by atoms with E-state index in [1.165, 1.54) is 0 Å². The molecule has 4 rings (SSSR count). The molecule has 0 amide bonds. The molecule has 0 aliphatic heterocycles. The Labute approximate surface area is 146 Å². The number of nitrogens with one attached hydrogen (secondary N) is 1. The van der Waals surface area contributed by atoms with Crippen LogP contribution in [0.15, 0.2) is 97.3 Å². The maximum Gasteiger partial charge on any atom is 0.137 e. The average molecular weight is 333 g/mol. The monoisotopic (exact) mass is 332 g/mol. The van der Waals surface area contributed by atoms with Gasteiger partial charge in [0.05, 0.1) is 0 Å². The molecule has 0 saturated carbocycles. The largest absolute Gasteiger partial charge is 0.345 e. The van der Waals surface area contributed by atoms with Gasteiger partial charge in [0, 0.05) is 28.5 Å². The molecule has 1 aromatic heterocycles. The Kier molecular flexibility index (Phi) is 5.44. The molecule has 0 atom stereocenters. The van der Waals surface area contributed by atoms with Gasteiger partial charge in [0.1, 0.15) is 5.82 Å². The zero-order valence-corrected chi connectivity index (χ0v) is 13.8. The lowest BCUT2D eigenvalue weighted by molar-refractivity contribution is 1.31. The Hall–Kier alpha value is -2.84. The van der Waals surface area contributed by atoms with Crippen molar-refractivity contribution in [2.24, 2.45) is 0 Å². The summed E-state index contributed by atoms with van der Waals surface area (Å²) in [6, 6.07) is 27.9. The first-order valence-corrected chi connectivity index (χ1v) is 8.08. The number of hydrogen-bond acceptors (Lipinski definition) is 1. The minimum absolute atomic E-state index is 0.747. The van der Waals surface area contributed by atoms with Crippen LogP contribution in [0.25, 0.3) is 22.5 Å². The van der Waals surface area contributed by atoms with Crippen LogP contribution in [0.3, 0.4) is 0 Å². The first-order chi connectivity index (χ1) is 11.9. The van der Waals surface area contributed by atoms with E-state index in [1.807, 2.05) is 85.1 Å². The van der Waals surface area contributed by atoms with Crippen molar-refractivity contribution in [3.05, 3.63) is 102 Å². The molecule has 3 heteroatoms. The first-order valence-electron chi connectivity index (χ1n) is 7.70. The molecule has 0 aliphatic carbocycles. The molecule has 118 valence electrons. The highest BCUT2D eigenvalue weighted by molar-refractivity contribution is 6.33. The van der Waals surface area contributed by atoms with Gasteiger partial charge in [0.15, 0.2) is 0 Å². The van der Waals surface area contributed by atoms with E-state index in [2.05, 4.69) is 16.0 Å². The third kappa shape index (κ3) is 3.92. The average Bonchev–Trinajstić information content (AvgIpc) is 3.19. The first kappa shape index (κ1) is 16.0. The van der Waals surface area contributed by atoms with Crippen LogP contribution in [0.5, 0.6) is 0 Å². The van der Waals surface area contributed by atoms with Gasteiger partial charge in [-0.2, -0.15) is 0 Å². The molecule has 0 bridgehead atoms. The van der Waals surface area contributed by atoms with E-state index in [0.29, 0.717) is 0 Å². The number of hydrogen-bond donors (Lipinski definition) is 1. The molecule has 0 radical (unpaired) electrons. The fourth-order valence-electron chi connectivity index (χ4n) is 2.40. The highest BCUT2D eigenvalue weighted by Crippen LogP contribution is 2.34. The molecular formula is C21H17ClN2. The van der Waals surface area contributed by atoms with Crippen LogP contribution in [-0.4, -0.2) is 9.97 Å². The number of H-pyrrole nitrogens is 1. The van der Waals surface area contributed by atoms with E-state index in [1.54, 1.807) is 6.20 Å². The summed E-state index contributed by atoms with van der Waals surface area (Å²) in [5.41, 5.74) is 3.15. The maximum atomic E-state index is 6.26. The summed E-state index contributed by atoms with van der Waals surface area (Å²) in [6.45, 7) is 0. The SMILES string of the molecule is Clc1ccccc1-c1ccccc1-c1ncc[nH]1.c1ccccc1. The van der Waals surface area contributed by atoms with E-state index in [4.69, 9.17) is 11.6 Å². The van der Waals surface area contributed by atoms with Gasteiger partial charge in [-0.05, 0) is 11.6 Å². The Morgan fingerprint density at radius 1 is 0.625 bits per heavy atom. The Bertz CT molecular complexity index is 845. The maximum absolute atomic E-state index is 6.26. The number of benzene rings is 3. The van der Waals surface area contributed by atoms with E-state index in [9.17, 15) is 0 Å². The van der Waals surface area contributed by atoms with Gasteiger partial charge in [0.25, 0.3) is 0 Å². The summed E-state index contributed by atoms with van der Waals surface area (Å²) < 4.78 is 0. The lowest BCUT2D eigenvalue weighted by Crippen LogP contribution is -1.87. The topological polar surface area (TPSA) is 28.7 Å². The van der Waals surface area contributed by atoms with Crippen molar-refractivity contribution in [2.75, 3.05) is 0 Å². The minimum atomic E-state index is 0.747. The van der Waals surface area contributed by atoms with Crippen molar-refractivity contribution in [1.29, 1.82) is 0 Å². The highest BCUT2D eigenvalue weighted by atomic mass is 35.5. The highest BCUT2D eigenvalue weighted by Gasteiger charge is 2.10. The molecule has 4 aromatic rings. The molecule has 0 aliphatic rings. The van der Waals surface area contributed by atoms with Gasteiger partial charge in [-0.3, -0.25) is 0 Å². The second kappa shape index (κ2) is 8.14. The number of halogens is 1. The third-order valence-corrected chi connectivity index (χ3v) is 3.84. The van der Waals surface area contributed by atoms with Gasteiger partial charge in [-0.25, -0.2) is 4.98 Å². The molecule has 0 saturated heterocycles. The van der Waals surface area contributed by atoms with Crippen molar-refractivity contribution in [1.82, 2.24) is 9.97 Å². The van der Waals surface area contributed by atoms with Crippen molar-refractivity contribution in [2.45, 2.75) is 0 Å². The fraction of sp³-hybridized carbons (Fsp3) is 0. The van der Waals surface area contributed by atoms with Gasteiger partial charge in [-0.1, -0.05) is 90.5 Å². The van der Waals surface area contributed by atoms with Crippen LogP contribution < -0.4 is 0 Å². The molecule has 2 nitrogen and oxygen atoms in total. The smallest absolute Gasteiger partial charge is 0.137 e. The van der Waals surface area contributed by atoms with Crippen molar-refractivity contribution < 1.29 is 0 Å². The van der Waals surface area contributed by atoms with Crippen molar-refractivity contribution in [3.63, 3.8) is 0 Å². The zero-order valence-electron chi connectivity index (χ0n) is 13.1. The Morgan fingerprint density at radius 3 is 1.71 bits per heavy atom. The Morgan fingerprint density at radius 2 is 1.17 bits per heavy atom. The molecule has 24 heavy (non-hydrogen) atoms. The van der Waals surface area contributed by atoms with Crippen LogP contribution in [0.2, 0.25) is 5.02 Å². The normalized spacial score (nSPS) is 9.88. The predicted molar refractivity (Wildman–Crippen MR) is 101 cm³/mol. The van der Waals surface area contributed by atoms with E-state index in [0.717, 1.165) is 27.5 Å². The summed E-state index contributed by atoms with van der Waals surface area (Å²) in [6.07, 6.45) is 3.57. The summed E-state index contributed by atoms with van der Waals surface area (Å²) in [5, 5.41) is 0.747. The second-order valence-corrected chi connectivity index (χ2v) is 5.53. The second-order valence-electron chi connectivity index (χ2n) is 5.12. The molecule has 1 N–H and O–H groups in total. The summed E-state index contributed by atoms with van der Waals surface area (Å²) in [4.78, 5) is 7.43. The van der Waals surface area contributed by atoms with E-state index in [-0.39, 0.29) is 0 Å². The van der Waals surface area contributed by atoms with Gasteiger partial charge >= 0.3 is 0 Å². The lowest BCUT2D eigenvalue weighted by Gasteiger charge is -2.09. The molecule has 3 aromatic carbocycles. The summed E-state index contributed by atoms with van der Waals surface area (Å²) in [7, 11) is 0. The Balaban J connectivity index is 0.000000238. The predicted octanol–water partition coefficient (Wildman–Crippen LogP) is 6.08. The minimum Gasteiger partial charge on any atom is -0.345 e. The van der Waals surface area contributed by atoms with E-state index < -0.39 is 0 Å². The van der Waals surface area contributed by atoms with Crippen LogP contribution >= 0.6 is 11.6 Å². The van der Waals surface area contributed by atoms with Crippen LogP contribution in [0.1, 0.15) is 0 Å². The number of nitrogens with zero attached hydrogens (tertiary/aromatic N) is 1. The van der Waals surface area contributed by atoms with Crippen LogP contribution in [-0.2, 0) is 0 Å². The van der Waals surface area contributed by atoms with Gasteiger partial charge in [0.2, 0.25) is 0 Å². The molecule has 0 fully saturated rings. The molecule has 0 spiro atoms. The summed E-state index contributed by atoms with van der Waals surface area (Å²) in [5.74, 6) is 0.852. The molecule has 0 unspecified atom stereocenters. The quantitative estimate of drug-likeness (QED) is 0.473. The zero-order chi connectivity index (χ0) is 16.6. The van der Waals surface area contributed by atoms with Gasteiger partial charge in [-0.15, -0.1) is 0 Å². The molecule has 1 heterocycles. The van der Waals surface area contributed by atoms with Crippen molar-refractivity contribution in [3.8, 4) is 22.5 Å². The van der Waals surface area contributed by atoms with Crippen LogP contribution in [0, 0.1) is 0 Å². The number of aromatic amines is 1. The van der Waals surface area contributed by atoms with Gasteiger partial charge < -0.3 is 4.98 Å². The lowest BCUT2D eigenvalue weighted by atomic mass is 9.99. The third-order valence-electron chi connectivity index (χ3n) is 3.51. The fourth-order valence-corrected chi connectivity index (χ4v) is 2.64. The number of aromatic nitrogens is 2. The summed E-state index contributed by atoms with van der Waals surface area (Å²) >= 11 is 6.26. The number of imidazole rings is 1. The number of rotatable bonds is 2. The standard InChI is InChI=1S/C15H11ClN2.C6H6/c16-14-8-4-3-6-12(14)11-5-1-2-7-13(11)15-17-9-10-18-15;1-2-4-6-5-3-1/h1-10H,(H,17,18);1-6H. The van der Waals surface area contributed by atoms with E-state index >= 15 is 0 Å². The molecular weight excluding hydrogens is 316 g/mol. The van der Waals surface area contributed by atoms with Crippen molar-refractivity contribution >= 4 is 11.6 Å².